The largest absolute Gasteiger partial charge is 0.491 e. The van der Waals surface area contributed by atoms with Crippen LogP contribution < -0.4 is 15.4 Å². The van der Waals surface area contributed by atoms with Crippen molar-refractivity contribution in [2.45, 2.75) is 117 Å². The lowest BCUT2D eigenvalue weighted by atomic mass is 9.85. The maximum atomic E-state index is 16.0. The Bertz CT molecular complexity index is 2550. The van der Waals surface area contributed by atoms with E-state index in [4.69, 9.17) is 14.2 Å². The Morgan fingerprint density at radius 1 is 0.971 bits per heavy atom. The smallest absolute Gasteiger partial charge is 0.246 e. The lowest BCUT2D eigenvalue weighted by Gasteiger charge is -2.43. The van der Waals surface area contributed by atoms with Crippen molar-refractivity contribution < 1.29 is 46.9 Å². The summed E-state index contributed by atoms with van der Waals surface area (Å²) in [5, 5.41) is 17.3. The minimum Gasteiger partial charge on any atom is -0.491 e. The van der Waals surface area contributed by atoms with Crippen molar-refractivity contribution in [2.24, 2.45) is 5.41 Å². The highest BCUT2D eigenvalue weighted by atomic mass is 32.1. The molecule has 1 saturated heterocycles. The normalized spacial score (nSPS) is 19.1. The van der Waals surface area contributed by atoms with Gasteiger partial charge in [-0.1, -0.05) is 63.2 Å². The van der Waals surface area contributed by atoms with Gasteiger partial charge in [0.25, 0.3) is 0 Å². The number of aliphatic hydroxyl groups excluding tert-OH is 1. The number of likely N-dealkylation sites (tertiary alicyclic amines) is 1. The van der Waals surface area contributed by atoms with E-state index in [1.807, 2.05) is 88.0 Å². The van der Waals surface area contributed by atoms with Gasteiger partial charge in [-0.05, 0) is 75.1 Å². The SMILES string of the molecule is Cc1ncsc1-c1ccc(CNC(=O)[C@@H]2C[C@@H](O)CN2C(=O)[C@@H](NC(=O)COCCCCOCCOc2cc(F)c([C@@H]3c4[nH]c5ccccc5c4C[C@@H](C)N3CC(C)(C)F)c(F)c2)C(C)(C)C)cc1. The average molecular weight is 975 g/mol. The Morgan fingerprint density at radius 3 is 2.33 bits per heavy atom. The van der Waals surface area contributed by atoms with E-state index >= 15 is 13.2 Å². The van der Waals surface area contributed by atoms with Gasteiger partial charge < -0.3 is 39.8 Å². The third kappa shape index (κ3) is 12.7. The van der Waals surface area contributed by atoms with Crippen LogP contribution in [0.1, 0.15) is 94.9 Å². The number of halogens is 3. The van der Waals surface area contributed by atoms with E-state index in [0.717, 1.165) is 50.3 Å². The van der Waals surface area contributed by atoms with Crippen LogP contribution in [-0.4, -0.2) is 119 Å². The number of ether oxygens (including phenoxy) is 3. The number of benzene rings is 3. The predicted octanol–water partition coefficient (Wildman–Crippen LogP) is 7.96. The number of thiazole rings is 1. The van der Waals surface area contributed by atoms with Crippen molar-refractivity contribution in [1.29, 1.82) is 0 Å². The summed E-state index contributed by atoms with van der Waals surface area (Å²) in [5.41, 5.74) is 4.66. The molecule has 4 heterocycles. The minimum absolute atomic E-state index is 0.0112. The van der Waals surface area contributed by atoms with Gasteiger partial charge >= 0.3 is 0 Å². The number of nitrogens with one attached hydrogen (secondary N) is 3. The van der Waals surface area contributed by atoms with Gasteiger partial charge in [0.05, 0.1) is 34.8 Å². The van der Waals surface area contributed by atoms with Crippen LogP contribution in [0.4, 0.5) is 13.2 Å². The first-order valence-corrected chi connectivity index (χ1v) is 24.5. The van der Waals surface area contributed by atoms with E-state index in [9.17, 15) is 19.5 Å². The molecule has 1 fully saturated rings. The Morgan fingerprint density at radius 2 is 1.67 bits per heavy atom. The van der Waals surface area contributed by atoms with Crippen LogP contribution in [0.15, 0.2) is 66.2 Å². The first-order valence-electron chi connectivity index (χ1n) is 23.7. The van der Waals surface area contributed by atoms with Crippen molar-refractivity contribution in [3.8, 4) is 16.2 Å². The van der Waals surface area contributed by atoms with E-state index in [0.29, 0.717) is 31.6 Å². The maximum Gasteiger partial charge on any atom is 0.246 e. The van der Waals surface area contributed by atoms with Crippen LogP contribution >= 0.6 is 11.3 Å². The highest BCUT2D eigenvalue weighted by Crippen LogP contribution is 2.44. The fraction of sp³-hybridized carbons (Fsp3) is 0.500. The molecular weight excluding hydrogens is 910 g/mol. The van der Waals surface area contributed by atoms with Gasteiger partial charge in [-0.15, -0.1) is 11.3 Å². The van der Waals surface area contributed by atoms with E-state index in [-0.39, 0.29) is 75.7 Å². The molecule has 4 N–H and O–H groups in total. The zero-order valence-electron chi connectivity index (χ0n) is 40.5. The highest BCUT2D eigenvalue weighted by Gasteiger charge is 2.45. The fourth-order valence-corrected chi connectivity index (χ4v) is 10.1. The number of rotatable bonds is 20. The van der Waals surface area contributed by atoms with Gasteiger partial charge in [-0.2, -0.15) is 0 Å². The Kier molecular flexibility index (Phi) is 16.6. The molecule has 2 aliphatic heterocycles. The van der Waals surface area contributed by atoms with Crippen molar-refractivity contribution in [2.75, 3.05) is 46.1 Å². The molecule has 2 aliphatic rings. The Balaban J connectivity index is 0.826. The molecule has 3 aromatic carbocycles. The molecule has 0 unspecified atom stereocenters. The minimum atomic E-state index is -1.61. The second-order valence-electron chi connectivity index (χ2n) is 19.9. The molecule has 7 rings (SSSR count). The molecule has 372 valence electrons. The number of carbonyl (C=O) groups excluding carboxylic acids is 3. The van der Waals surface area contributed by atoms with Gasteiger partial charge in [-0.25, -0.2) is 18.2 Å². The number of β-amino-alcohol motifs (C(OH)–C–C–N with tert-alkyl or cyclic N) is 1. The molecule has 0 bridgehead atoms. The van der Waals surface area contributed by atoms with Crippen LogP contribution in [0, 0.1) is 24.0 Å². The Hall–Kier alpha value is -5.33. The number of para-hydroxylation sites is 1. The van der Waals surface area contributed by atoms with Crippen molar-refractivity contribution in [3.05, 3.63) is 106 Å². The summed E-state index contributed by atoms with van der Waals surface area (Å²) in [7, 11) is 0. The molecule has 5 atom stereocenters. The molecule has 0 saturated carbocycles. The summed E-state index contributed by atoms with van der Waals surface area (Å²) >= 11 is 1.56. The number of aliphatic hydroxyl groups is 1. The van der Waals surface area contributed by atoms with Gasteiger partial charge in [-0.3, -0.25) is 19.3 Å². The molecule has 0 aliphatic carbocycles. The van der Waals surface area contributed by atoms with Crippen LogP contribution in [0.2, 0.25) is 0 Å². The summed E-state index contributed by atoms with van der Waals surface area (Å²) in [6.45, 7) is 13.0. The summed E-state index contributed by atoms with van der Waals surface area (Å²) in [5.74, 6) is -2.91. The lowest BCUT2D eigenvalue weighted by Crippen LogP contribution is -2.58. The molecule has 17 heteroatoms. The van der Waals surface area contributed by atoms with E-state index < -0.39 is 58.8 Å². The topological polar surface area (TPSA) is 158 Å². The van der Waals surface area contributed by atoms with Crippen LogP contribution in [0.5, 0.6) is 5.75 Å². The van der Waals surface area contributed by atoms with Gasteiger partial charge in [0.2, 0.25) is 17.7 Å². The quantitative estimate of drug-likeness (QED) is 0.0568. The maximum absolute atomic E-state index is 16.0. The van der Waals surface area contributed by atoms with Gasteiger partial charge in [0.15, 0.2) is 0 Å². The van der Waals surface area contributed by atoms with E-state index in [2.05, 4.69) is 20.6 Å². The summed E-state index contributed by atoms with van der Waals surface area (Å²) in [6.07, 6.45) is 0.962. The Labute approximate surface area is 406 Å². The number of hydrogen-bond donors (Lipinski definition) is 4. The van der Waals surface area contributed by atoms with E-state index in [1.165, 1.54) is 18.7 Å². The van der Waals surface area contributed by atoms with Crippen molar-refractivity contribution >= 4 is 40.0 Å². The number of aromatic nitrogens is 2. The number of hydrogen-bond acceptors (Lipinski definition) is 10. The van der Waals surface area contributed by atoms with Gasteiger partial charge in [0.1, 0.15) is 48.4 Å². The standard InChI is InChI=1S/C52H65F3N6O7S/c1-31-22-38-37-12-8-9-13-41(37)58-45(38)46(61(31)29-52(6,7)55)44-39(53)24-36(25-40(44)54)68-21-20-66-18-10-11-19-67-28-43(63)59-48(51(3,4)5)50(65)60-27-35(62)23-42(60)49(64)56-26-33-14-16-34(17-15-33)47-32(2)57-30-69-47/h8-9,12-17,24-25,30-31,35,42,46,48,58,62H,10-11,18-23,26-29H2,1-7H3,(H,56,64)(H,59,63)/t31-,35-,42+,46-,48-/m1/s1. The van der Waals surface area contributed by atoms with Gasteiger partial charge in [0, 0.05) is 79.6 Å². The number of fused-ring (bicyclic) bond motifs is 3. The summed E-state index contributed by atoms with van der Waals surface area (Å²) in [6, 6.07) is 14.9. The average Bonchev–Trinajstić information content (AvgIpc) is 4.01. The molecule has 2 aromatic heterocycles. The highest BCUT2D eigenvalue weighted by molar-refractivity contribution is 7.13. The number of aryl methyl sites for hydroxylation is 1. The van der Waals surface area contributed by atoms with E-state index in [1.54, 1.807) is 16.8 Å². The van der Waals surface area contributed by atoms with Crippen LogP contribution in [0.3, 0.4) is 0 Å². The number of H-pyrrole nitrogens is 1. The third-order valence-corrected chi connectivity index (χ3v) is 13.6. The van der Waals surface area contributed by atoms with Crippen LogP contribution in [0.25, 0.3) is 21.3 Å². The zero-order chi connectivity index (χ0) is 49.6. The number of carbonyl (C=O) groups is 3. The number of unbranched alkanes of at least 4 members (excludes halogenated alkanes) is 1. The molecule has 13 nitrogen and oxygen atoms in total. The number of nitrogens with zero attached hydrogens (tertiary/aromatic N) is 3. The fourth-order valence-electron chi connectivity index (χ4n) is 9.28. The monoisotopic (exact) mass is 974 g/mol. The third-order valence-electron chi connectivity index (χ3n) is 12.7. The first-order chi connectivity index (χ1) is 32.8. The van der Waals surface area contributed by atoms with Crippen molar-refractivity contribution in [1.82, 2.24) is 30.4 Å². The van der Waals surface area contributed by atoms with Crippen molar-refractivity contribution in [3.63, 3.8) is 0 Å². The predicted molar refractivity (Wildman–Crippen MR) is 260 cm³/mol. The molecule has 5 aromatic rings. The summed E-state index contributed by atoms with van der Waals surface area (Å²) in [4.78, 5) is 52.4. The number of aromatic amines is 1. The second-order valence-corrected chi connectivity index (χ2v) is 20.7. The molecule has 0 spiro atoms. The number of alkyl halides is 1. The number of amides is 3. The zero-order valence-corrected chi connectivity index (χ0v) is 41.3. The lowest BCUT2D eigenvalue weighted by molar-refractivity contribution is -0.144. The molecular formula is C52H65F3N6O7S. The molecule has 3 amide bonds. The first kappa shape index (κ1) is 51.5. The molecule has 0 radical (unpaired) electrons. The van der Waals surface area contributed by atoms with Crippen LogP contribution in [-0.2, 0) is 36.8 Å². The second kappa shape index (κ2) is 22.2. The summed E-state index contributed by atoms with van der Waals surface area (Å²) < 4.78 is 64.2. The molecule has 69 heavy (non-hydrogen) atoms.